The second-order valence-electron chi connectivity index (χ2n) is 17.5. The van der Waals surface area contributed by atoms with E-state index < -0.39 is 230 Å². The van der Waals surface area contributed by atoms with Crippen LogP contribution in [0.2, 0.25) is 0 Å². The van der Waals surface area contributed by atoms with Gasteiger partial charge in [0.2, 0.25) is 5.91 Å². The van der Waals surface area contributed by atoms with E-state index in [1.807, 2.05) is 0 Å². The summed E-state index contributed by atoms with van der Waals surface area (Å²) in [5, 5.41) is 204. The average molecular weight is 1030 g/mol. The zero-order valence-electron chi connectivity index (χ0n) is 37.0. The first-order chi connectivity index (χ1) is 33.1. The zero-order valence-corrected chi connectivity index (χ0v) is 37.0. The third kappa shape index (κ3) is 12.0. The average Bonchev–Trinajstić information content (AvgIpc) is 3.33. The number of aliphatic hydroxyl groups excluding tert-OH is 19. The summed E-state index contributed by atoms with van der Waals surface area (Å²) < 4.78 is 62.0. The van der Waals surface area contributed by atoms with Crippen molar-refractivity contribution in [2.75, 3.05) is 39.6 Å². The fourth-order valence-electron chi connectivity index (χ4n) is 8.78. The highest BCUT2D eigenvalue weighted by Gasteiger charge is 2.57. The highest BCUT2D eigenvalue weighted by Crippen LogP contribution is 2.36. The second kappa shape index (κ2) is 24.7. The van der Waals surface area contributed by atoms with Gasteiger partial charge in [-0.1, -0.05) is 0 Å². The number of carbonyl (C=O) groups excluding carboxylic acids is 1. The Bertz CT molecular complexity index is 1630. The lowest BCUT2D eigenvalue weighted by atomic mass is 9.95. The van der Waals surface area contributed by atoms with E-state index in [0.717, 1.165) is 6.92 Å². The highest BCUT2D eigenvalue weighted by atomic mass is 16.8. The SMILES string of the molecule is CC(=O)N[C@H]1C(O)O[C@H](CO)[C@@H](O[C@@H]2O[C@H](CO[C@H]3O[C@H](CO)[C@@H](O)[C@H](O[C@H]4O[C@H](CO)[C@@H](O)[C@H](O)[C@@H]4O)[C@@H]3O)[C@@H](O)[C@H](O[C@H]3O[C@H](CO)[C@@H](O)[C@H](O)[C@@H]3O[C@H]3O[C@H](CO)[C@@H](O)[C@H](O)[C@@H]3O)[C@@H]2O)[C@@H]1O. The topological polar surface area (TPSA) is 515 Å². The van der Waals surface area contributed by atoms with Crippen LogP contribution < -0.4 is 5.32 Å². The van der Waals surface area contributed by atoms with Crippen molar-refractivity contribution in [2.24, 2.45) is 0 Å². The van der Waals surface area contributed by atoms with Gasteiger partial charge in [-0.15, -0.1) is 0 Å². The number of carbonyl (C=O) groups is 1. The van der Waals surface area contributed by atoms with Gasteiger partial charge < -0.3 is 154 Å². The molecule has 6 saturated heterocycles. The molecule has 32 nitrogen and oxygen atoms in total. The van der Waals surface area contributed by atoms with Crippen molar-refractivity contribution in [3.8, 4) is 0 Å². The van der Waals surface area contributed by atoms with Crippen LogP contribution in [0.4, 0.5) is 0 Å². The molecule has 6 aliphatic heterocycles. The van der Waals surface area contributed by atoms with Crippen LogP contribution in [-0.4, -0.2) is 327 Å². The minimum absolute atomic E-state index is 0.763. The maximum absolute atomic E-state index is 12.0. The zero-order chi connectivity index (χ0) is 51.6. The summed E-state index contributed by atoms with van der Waals surface area (Å²) in [6.07, 6.45) is -56.5. The summed E-state index contributed by atoms with van der Waals surface area (Å²) in [7, 11) is 0. The monoisotopic (exact) mass is 1030 g/mol. The van der Waals surface area contributed by atoms with E-state index in [0.29, 0.717) is 0 Å². The molecule has 32 heteroatoms. The molecule has 6 heterocycles. The van der Waals surface area contributed by atoms with Crippen molar-refractivity contribution in [3.63, 3.8) is 0 Å². The summed E-state index contributed by atoms with van der Waals surface area (Å²) in [5.41, 5.74) is 0. The molecule has 0 aromatic rings. The number of nitrogens with one attached hydrogen (secondary N) is 1. The number of hydrogen-bond donors (Lipinski definition) is 20. The quantitative estimate of drug-likeness (QED) is 0.0643. The molecule has 0 radical (unpaired) electrons. The summed E-state index contributed by atoms with van der Waals surface area (Å²) >= 11 is 0. The van der Waals surface area contributed by atoms with Crippen molar-refractivity contribution in [1.29, 1.82) is 0 Å². The second-order valence-corrected chi connectivity index (χ2v) is 17.5. The van der Waals surface area contributed by atoms with Crippen LogP contribution in [0.15, 0.2) is 0 Å². The third-order valence-corrected chi connectivity index (χ3v) is 12.8. The first kappa shape index (κ1) is 57.5. The van der Waals surface area contributed by atoms with Gasteiger partial charge in [-0.05, 0) is 0 Å². The Hall–Kier alpha value is -1.73. The number of aliphatic hydroxyl groups is 19. The van der Waals surface area contributed by atoms with Crippen LogP contribution in [-0.2, 0) is 56.9 Å². The standard InChI is InChI=1S/C38H65NO31/c1-8(45)39-15-21(51)29(13(6-44)61-33(15)59)67-37-28(58)31(69-38-32(24(54)18(48)11(4-42)65-38)70-36-26(56)23(53)17(47)10(3-41)64-36)20(50)14(66-37)7-60-34-27(57)30(19(49)12(5-43)62-34)68-35-25(55)22(52)16(46)9(2-40)63-35/h9-38,40-44,46-59H,2-7H2,1H3,(H,39,45)/t9-,10-,11-,12-,13-,14-,15-,16-,17-,18-,19-,20-,21-,22+,23+,24+,25+,26+,27+,28+,29-,30+,31+,32+,33?,34+,35-,36-,37+,38-/m1/s1. The smallest absolute Gasteiger partial charge is 0.217 e. The maximum Gasteiger partial charge on any atom is 0.217 e. The Morgan fingerprint density at radius 1 is 0.371 bits per heavy atom. The Morgan fingerprint density at radius 3 is 1.24 bits per heavy atom. The molecule has 0 bridgehead atoms. The van der Waals surface area contributed by atoms with E-state index in [9.17, 15) is 102 Å². The molecule has 6 aliphatic rings. The summed E-state index contributed by atoms with van der Waals surface area (Å²) in [4.78, 5) is 12.0. The van der Waals surface area contributed by atoms with Crippen molar-refractivity contribution in [2.45, 2.75) is 191 Å². The van der Waals surface area contributed by atoms with E-state index in [-0.39, 0.29) is 0 Å². The molecule has 20 N–H and O–H groups in total. The molecule has 0 spiro atoms. The van der Waals surface area contributed by atoms with Gasteiger partial charge in [-0.25, -0.2) is 0 Å². The first-order valence-corrected chi connectivity index (χ1v) is 22.1. The molecule has 30 atom stereocenters. The first-order valence-electron chi connectivity index (χ1n) is 22.1. The third-order valence-electron chi connectivity index (χ3n) is 12.8. The molecule has 70 heavy (non-hydrogen) atoms. The van der Waals surface area contributed by atoms with Gasteiger partial charge in [0.05, 0.1) is 39.6 Å². The fraction of sp³-hybridized carbons (Fsp3) is 0.974. The summed E-state index contributed by atoms with van der Waals surface area (Å²) in [6.45, 7) is -4.70. The molecular formula is C38H65NO31. The highest BCUT2D eigenvalue weighted by molar-refractivity contribution is 5.73. The van der Waals surface area contributed by atoms with Crippen LogP contribution in [0, 0.1) is 0 Å². The predicted octanol–water partition coefficient (Wildman–Crippen LogP) is -14.0. The molecule has 0 aromatic carbocycles. The van der Waals surface area contributed by atoms with Crippen molar-refractivity contribution >= 4 is 5.91 Å². The molecule has 0 aromatic heterocycles. The van der Waals surface area contributed by atoms with Crippen molar-refractivity contribution in [1.82, 2.24) is 5.32 Å². The van der Waals surface area contributed by atoms with E-state index in [1.165, 1.54) is 0 Å². The largest absolute Gasteiger partial charge is 0.394 e. The minimum Gasteiger partial charge on any atom is -0.394 e. The Kier molecular flexibility index (Phi) is 20.3. The number of hydrogen-bond acceptors (Lipinski definition) is 31. The van der Waals surface area contributed by atoms with E-state index in [1.54, 1.807) is 0 Å². The van der Waals surface area contributed by atoms with E-state index in [2.05, 4.69) is 5.32 Å². The van der Waals surface area contributed by atoms with Gasteiger partial charge in [0.15, 0.2) is 37.7 Å². The Morgan fingerprint density at radius 2 is 0.743 bits per heavy atom. The van der Waals surface area contributed by atoms with Crippen molar-refractivity contribution < 1.29 is 154 Å². The number of ether oxygens (including phenoxy) is 11. The van der Waals surface area contributed by atoms with Gasteiger partial charge in [-0.3, -0.25) is 4.79 Å². The van der Waals surface area contributed by atoms with Crippen LogP contribution in [0.5, 0.6) is 0 Å². The molecule has 1 amide bonds. The number of amides is 1. The molecule has 408 valence electrons. The van der Waals surface area contributed by atoms with Crippen LogP contribution in [0.25, 0.3) is 0 Å². The molecule has 1 unspecified atom stereocenters. The fourth-order valence-corrected chi connectivity index (χ4v) is 8.78. The van der Waals surface area contributed by atoms with Gasteiger partial charge >= 0.3 is 0 Å². The lowest BCUT2D eigenvalue weighted by Gasteiger charge is -2.50. The van der Waals surface area contributed by atoms with E-state index in [4.69, 9.17) is 52.1 Å². The normalized spacial score (nSPS) is 51.5. The van der Waals surface area contributed by atoms with Gasteiger partial charge in [0.25, 0.3) is 0 Å². The lowest BCUT2D eigenvalue weighted by Crippen LogP contribution is -2.69. The van der Waals surface area contributed by atoms with Gasteiger partial charge in [0.1, 0.15) is 146 Å². The Labute approximate surface area is 395 Å². The van der Waals surface area contributed by atoms with Crippen LogP contribution in [0.1, 0.15) is 6.92 Å². The summed E-state index contributed by atoms with van der Waals surface area (Å²) in [5.74, 6) is -0.763. The summed E-state index contributed by atoms with van der Waals surface area (Å²) in [6, 6.07) is -1.63. The molecule has 6 rings (SSSR count). The van der Waals surface area contributed by atoms with Gasteiger partial charge in [0, 0.05) is 6.92 Å². The molecule has 0 saturated carbocycles. The predicted molar refractivity (Wildman–Crippen MR) is 211 cm³/mol. The Balaban J connectivity index is 1.29. The minimum atomic E-state index is -2.29. The maximum atomic E-state index is 12.0. The van der Waals surface area contributed by atoms with Gasteiger partial charge in [-0.2, -0.15) is 0 Å². The van der Waals surface area contributed by atoms with Crippen LogP contribution in [0.3, 0.4) is 0 Å². The molecule has 6 fully saturated rings. The molecule has 0 aliphatic carbocycles. The number of rotatable bonds is 17. The lowest BCUT2D eigenvalue weighted by molar-refractivity contribution is -0.397. The van der Waals surface area contributed by atoms with E-state index >= 15 is 0 Å². The molecular weight excluding hydrogens is 966 g/mol. The van der Waals surface area contributed by atoms with Crippen LogP contribution >= 0.6 is 0 Å². The van der Waals surface area contributed by atoms with Crippen molar-refractivity contribution in [3.05, 3.63) is 0 Å².